The van der Waals surface area contributed by atoms with Crippen molar-refractivity contribution in [3.05, 3.63) is 39.7 Å². The molecule has 1 atom stereocenters. The van der Waals surface area contributed by atoms with E-state index in [4.69, 9.17) is 10.5 Å². The van der Waals surface area contributed by atoms with Gasteiger partial charge in [-0.2, -0.15) is 4.39 Å². The van der Waals surface area contributed by atoms with Crippen LogP contribution in [0.3, 0.4) is 0 Å². The van der Waals surface area contributed by atoms with Crippen LogP contribution in [0, 0.1) is 15.9 Å². The van der Waals surface area contributed by atoms with Crippen LogP contribution in [-0.2, 0) is 11.2 Å². The van der Waals surface area contributed by atoms with Crippen molar-refractivity contribution in [1.29, 1.82) is 0 Å². The van der Waals surface area contributed by atoms with E-state index in [2.05, 4.69) is 5.32 Å². The number of nitrogens with zero attached hydrogens (tertiary/aromatic N) is 1. The maximum absolute atomic E-state index is 13.2. The van der Waals surface area contributed by atoms with Gasteiger partial charge in [0.25, 0.3) is 0 Å². The van der Waals surface area contributed by atoms with Gasteiger partial charge in [-0.25, -0.2) is 4.79 Å². The van der Waals surface area contributed by atoms with Crippen molar-refractivity contribution in [1.82, 2.24) is 5.32 Å². The van der Waals surface area contributed by atoms with Gasteiger partial charge in [-0.05, 0) is 38.8 Å². The standard InChI is InChI=1S/C14H20FN3O4/c1-14(2,3)22-13(19)17-8-10(16)6-9-4-5-11(15)12(7-9)18(20)21/h4-5,7,10H,6,8,16H2,1-3H3,(H,17,19). The first-order valence-corrected chi connectivity index (χ1v) is 6.74. The Morgan fingerprint density at radius 3 is 2.68 bits per heavy atom. The molecule has 0 saturated heterocycles. The fourth-order valence-electron chi connectivity index (χ4n) is 1.73. The molecule has 0 heterocycles. The minimum atomic E-state index is -0.894. The Morgan fingerprint density at radius 2 is 2.14 bits per heavy atom. The lowest BCUT2D eigenvalue weighted by molar-refractivity contribution is -0.387. The summed E-state index contributed by atoms with van der Waals surface area (Å²) in [7, 11) is 0. The van der Waals surface area contributed by atoms with Gasteiger partial charge >= 0.3 is 11.8 Å². The minimum absolute atomic E-state index is 0.139. The van der Waals surface area contributed by atoms with Crippen molar-refractivity contribution in [2.45, 2.75) is 38.8 Å². The maximum atomic E-state index is 13.2. The van der Waals surface area contributed by atoms with Crippen molar-refractivity contribution in [2.24, 2.45) is 5.73 Å². The number of hydrogen-bond donors (Lipinski definition) is 2. The summed E-state index contributed by atoms with van der Waals surface area (Å²) in [4.78, 5) is 21.4. The maximum Gasteiger partial charge on any atom is 0.407 e. The molecule has 0 fully saturated rings. The molecule has 0 radical (unpaired) electrons. The molecule has 3 N–H and O–H groups in total. The molecule has 7 nitrogen and oxygen atoms in total. The van der Waals surface area contributed by atoms with Crippen LogP contribution in [0.4, 0.5) is 14.9 Å². The molecule has 1 aromatic carbocycles. The molecule has 1 amide bonds. The molecule has 0 aliphatic heterocycles. The number of nitrogens with one attached hydrogen (secondary N) is 1. The first-order valence-electron chi connectivity index (χ1n) is 6.74. The van der Waals surface area contributed by atoms with Crippen LogP contribution in [0.1, 0.15) is 26.3 Å². The number of halogens is 1. The minimum Gasteiger partial charge on any atom is -0.444 e. The average molecular weight is 313 g/mol. The number of nitro benzene ring substituents is 1. The van der Waals surface area contributed by atoms with Crippen molar-refractivity contribution in [3.63, 3.8) is 0 Å². The lowest BCUT2D eigenvalue weighted by Crippen LogP contribution is -2.41. The molecule has 0 bridgehead atoms. The van der Waals surface area contributed by atoms with E-state index in [9.17, 15) is 19.3 Å². The monoisotopic (exact) mass is 313 g/mol. The Bertz CT molecular complexity index is 558. The second-order valence-electron chi connectivity index (χ2n) is 5.89. The molecule has 1 rings (SSSR count). The van der Waals surface area contributed by atoms with Crippen molar-refractivity contribution >= 4 is 11.8 Å². The summed E-state index contributed by atoms with van der Waals surface area (Å²) in [6.45, 7) is 5.36. The number of nitrogens with two attached hydrogens (primary N) is 1. The Labute approximate surface area is 127 Å². The summed E-state index contributed by atoms with van der Waals surface area (Å²) in [6, 6.07) is 3.12. The van der Waals surface area contributed by atoms with E-state index in [0.717, 1.165) is 12.1 Å². The number of nitro groups is 1. The average Bonchev–Trinajstić information content (AvgIpc) is 2.36. The zero-order chi connectivity index (χ0) is 16.9. The predicted molar refractivity (Wildman–Crippen MR) is 79.0 cm³/mol. The van der Waals surface area contributed by atoms with Gasteiger partial charge in [0.2, 0.25) is 5.82 Å². The van der Waals surface area contributed by atoms with E-state index < -0.39 is 34.2 Å². The van der Waals surface area contributed by atoms with Crippen LogP contribution >= 0.6 is 0 Å². The second kappa shape index (κ2) is 7.17. The van der Waals surface area contributed by atoms with Gasteiger partial charge in [-0.1, -0.05) is 6.07 Å². The summed E-state index contributed by atoms with van der Waals surface area (Å²) in [6.07, 6.45) is -0.329. The highest BCUT2D eigenvalue weighted by molar-refractivity contribution is 5.67. The molecule has 1 aromatic rings. The number of amides is 1. The molecule has 122 valence electrons. The highest BCUT2D eigenvalue weighted by Crippen LogP contribution is 2.19. The molecular weight excluding hydrogens is 293 g/mol. The molecule has 0 aliphatic rings. The fourth-order valence-corrected chi connectivity index (χ4v) is 1.73. The highest BCUT2D eigenvalue weighted by Gasteiger charge is 2.18. The summed E-state index contributed by atoms with van der Waals surface area (Å²) in [5, 5.41) is 13.2. The summed E-state index contributed by atoms with van der Waals surface area (Å²) >= 11 is 0. The number of alkyl carbamates (subject to hydrolysis) is 1. The molecule has 0 saturated carbocycles. The summed E-state index contributed by atoms with van der Waals surface area (Å²) in [5.41, 5.74) is 5.17. The van der Waals surface area contributed by atoms with Crippen LogP contribution in [0.5, 0.6) is 0 Å². The van der Waals surface area contributed by atoms with Gasteiger partial charge in [0.15, 0.2) is 0 Å². The van der Waals surface area contributed by atoms with E-state index in [1.165, 1.54) is 6.07 Å². The van der Waals surface area contributed by atoms with E-state index in [1.54, 1.807) is 20.8 Å². The third-order valence-electron chi connectivity index (χ3n) is 2.61. The van der Waals surface area contributed by atoms with Crippen LogP contribution < -0.4 is 11.1 Å². The van der Waals surface area contributed by atoms with Gasteiger partial charge < -0.3 is 15.8 Å². The quantitative estimate of drug-likeness (QED) is 0.639. The van der Waals surface area contributed by atoms with Crippen LogP contribution in [0.25, 0.3) is 0 Å². The first kappa shape index (κ1) is 17.8. The van der Waals surface area contributed by atoms with Crippen molar-refractivity contribution in [3.8, 4) is 0 Å². The lowest BCUT2D eigenvalue weighted by Gasteiger charge is -2.20. The van der Waals surface area contributed by atoms with E-state index in [1.807, 2.05) is 0 Å². The predicted octanol–water partition coefficient (Wildman–Crippen LogP) is 2.13. The first-order chi connectivity index (χ1) is 10.1. The fraction of sp³-hybridized carbons (Fsp3) is 0.500. The third kappa shape index (κ3) is 6.04. The normalized spacial score (nSPS) is 12.6. The molecule has 22 heavy (non-hydrogen) atoms. The van der Waals surface area contributed by atoms with Crippen LogP contribution in [0.15, 0.2) is 18.2 Å². The van der Waals surface area contributed by atoms with E-state index in [-0.39, 0.29) is 13.0 Å². The summed E-state index contributed by atoms with van der Waals surface area (Å²) in [5.74, 6) is -0.894. The number of carbonyl (C=O) groups excluding carboxylic acids is 1. The molecule has 0 aromatic heterocycles. The van der Waals surface area contributed by atoms with Crippen LogP contribution in [0.2, 0.25) is 0 Å². The van der Waals surface area contributed by atoms with Gasteiger partial charge in [0, 0.05) is 18.7 Å². The molecule has 0 aliphatic carbocycles. The number of carbonyl (C=O) groups is 1. The molecule has 0 spiro atoms. The highest BCUT2D eigenvalue weighted by atomic mass is 19.1. The second-order valence-corrected chi connectivity index (χ2v) is 5.89. The number of benzene rings is 1. The smallest absolute Gasteiger partial charge is 0.407 e. The zero-order valence-electron chi connectivity index (χ0n) is 12.8. The van der Waals surface area contributed by atoms with Gasteiger partial charge in [-0.15, -0.1) is 0 Å². The van der Waals surface area contributed by atoms with Crippen molar-refractivity contribution < 1.29 is 18.8 Å². The van der Waals surface area contributed by atoms with Gasteiger partial charge in [0.1, 0.15) is 5.60 Å². The number of hydrogen-bond acceptors (Lipinski definition) is 5. The van der Waals surface area contributed by atoms with Crippen LogP contribution in [-0.4, -0.2) is 29.2 Å². The molecule has 8 heteroatoms. The lowest BCUT2D eigenvalue weighted by atomic mass is 10.1. The van der Waals surface area contributed by atoms with Gasteiger partial charge in [-0.3, -0.25) is 10.1 Å². The number of rotatable bonds is 5. The Kier molecular flexibility index (Phi) is 5.81. The SMILES string of the molecule is CC(C)(C)OC(=O)NCC(N)Cc1ccc(F)c([N+](=O)[O-])c1. The van der Waals surface area contributed by atoms with Gasteiger partial charge in [0.05, 0.1) is 4.92 Å². The zero-order valence-corrected chi connectivity index (χ0v) is 12.8. The third-order valence-corrected chi connectivity index (χ3v) is 2.61. The van der Waals surface area contributed by atoms with E-state index in [0.29, 0.717) is 5.56 Å². The molecular formula is C14H20FN3O4. The van der Waals surface area contributed by atoms with E-state index >= 15 is 0 Å². The largest absolute Gasteiger partial charge is 0.444 e. The topological polar surface area (TPSA) is 107 Å². The Morgan fingerprint density at radius 1 is 1.50 bits per heavy atom. The Balaban J connectivity index is 2.55. The Hall–Kier alpha value is -2.22. The van der Waals surface area contributed by atoms with Crippen molar-refractivity contribution in [2.75, 3.05) is 6.54 Å². The summed E-state index contributed by atoms with van der Waals surface area (Å²) < 4.78 is 18.3. The number of ether oxygens (including phenoxy) is 1. The molecule has 1 unspecified atom stereocenters.